The Labute approximate surface area is 238 Å². The van der Waals surface area contributed by atoms with Crippen molar-refractivity contribution in [3.05, 3.63) is 17.6 Å². The SMILES string of the molecule is CSCCCNc1nc(C(C)(C)C)ncc1C(=O)N(CC(C)C)[C@@H]1CNCC(NS(=O)(=O)N2CCOCC2)C1. The van der Waals surface area contributed by atoms with Crippen LogP contribution in [0.1, 0.15) is 63.6 Å². The molecular weight excluding hydrogens is 538 g/mol. The topological polar surface area (TPSA) is 129 Å². The molecule has 2 saturated heterocycles. The second-order valence-corrected chi connectivity index (χ2v) is 14.4. The minimum Gasteiger partial charge on any atom is -0.379 e. The zero-order valence-corrected chi connectivity index (χ0v) is 26.0. The number of thioether (sulfide) groups is 1. The fourth-order valence-electron chi connectivity index (χ4n) is 4.72. The van der Waals surface area contributed by atoms with Crippen molar-refractivity contribution in [3.63, 3.8) is 0 Å². The fourth-order valence-corrected chi connectivity index (χ4v) is 6.53. The molecule has 13 heteroatoms. The van der Waals surface area contributed by atoms with Crippen LogP contribution >= 0.6 is 11.8 Å². The smallest absolute Gasteiger partial charge is 0.279 e. The molecule has 0 saturated carbocycles. The van der Waals surface area contributed by atoms with E-state index in [1.807, 2.05) is 4.90 Å². The molecule has 1 amide bonds. The van der Waals surface area contributed by atoms with Gasteiger partial charge in [0, 0.05) is 63.0 Å². The lowest BCUT2D eigenvalue weighted by Gasteiger charge is -2.39. The van der Waals surface area contributed by atoms with E-state index in [4.69, 9.17) is 9.72 Å². The first-order valence-electron chi connectivity index (χ1n) is 13.9. The minimum absolute atomic E-state index is 0.139. The second-order valence-electron chi connectivity index (χ2n) is 11.7. The molecule has 0 bridgehead atoms. The Bertz CT molecular complexity index is 1040. The summed E-state index contributed by atoms with van der Waals surface area (Å²) < 4.78 is 35.6. The normalized spacial score (nSPS) is 21.2. The standard InChI is InChI=1S/C26H47N7O4S2/c1-19(2)18-33(21-14-20(15-27-16-21)31-39(35,36)32-9-11-37-12-10-32)24(34)22-17-29-25(26(3,4)5)30-23(22)28-8-7-13-38-6/h17,19-21,27,31H,7-16,18H2,1-6H3,(H,28,29,30)/t20?,21-/m0/s1. The number of amides is 1. The number of rotatable bonds is 12. The second kappa shape index (κ2) is 14.4. The van der Waals surface area contributed by atoms with Crippen molar-refractivity contribution in [2.45, 2.75) is 65.0 Å². The van der Waals surface area contributed by atoms with Gasteiger partial charge in [0.25, 0.3) is 16.1 Å². The summed E-state index contributed by atoms with van der Waals surface area (Å²) >= 11 is 1.79. The molecule has 3 N–H and O–H groups in total. The van der Waals surface area contributed by atoms with E-state index in [0.717, 1.165) is 12.2 Å². The Balaban J connectivity index is 1.82. The van der Waals surface area contributed by atoms with Crippen LogP contribution in [-0.4, -0.2) is 110 Å². The number of nitrogens with zero attached hydrogens (tertiary/aromatic N) is 4. The lowest BCUT2D eigenvalue weighted by Crippen LogP contribution is -2.59. The number of hydrogen-bond acceptors (Lipinski definition) is 9. The number of nitrogens with one attached hydrogen (secondary N) is 3. The Hall–Kier alpha value is -1.51. The third-order valence-corrected chi connectivity index (χ3v) is 9.10. The summed E-state index contributed by atoms with van der Waals surface area (Å²) in [6.45, 7) is 14.1. The molecule has 39 heavy (non-hydrogen) atoms. The highest BCUT2D eigenvalue weighted by Crippen LogP contribution is 2.25. The van der Waals surface area contributed by atoms with Crippen LogP contribution in [0.25, 0.3) is 0 Å². The van der Waals surface area contributed by atoms with Crippen LogP contribution in [0.5, 0.6) is 0 Å². The van der Waals surface area contributed by atoms with Crippen LogP contribution in [0, 0.1) is 5.92 Å². The van der Waals surface area contributed by atoms with E-state index >= 15 is 0 Å². The highest BCUT2D eigenvalue weighted by Gasteiger charge is 2.35. The number of aromatic nitrogens is 2. The molecule has 2 atom stereocenters. The van der Waals surface area contributed by atoms with Gasteiger partial charge in [0.1, 0.15) is 17.2 Å². The molecule has 0 spiro atoms. The maximum absolute atomic E-state index is 14.1. The van der Waals surface area contributed by atoms with E-state index in [1.165, 1.54) is 4.31 Å². The monoisotopic (exact) mass is 585 g/mol. The van der Waals surface area contributed by atoms with Crippen LogP contribution in [0.3, 0.4) is 0 Å². The van der Waals surface area contributed by atoms with Gasteiger partial charge in [-0.2, -0.15) is 29.2 Å². The highest BCUT2D eigenvalue weighted by molar-refractivity contribution is 7.98. The van der Waals surface area contributed by atoms with Gasteiger partial charge in [-0.15, -0.1) is 0 Å². The van der Waals surface area contributed by atoms with Crippen molar-refractivity contribution in [1.82, 2.24) is 29.2 Å². The third-order valence-electron chi connectivity index (χ3n) is 6.72. The molecule has 0 radical (unpaired) electrons. The van der Waals surface area contributed by atoms with Crippen molar-refractivity contribution in [3.8, 4) is 0 Å². The Morgan fingerprint density at radius 1 is 1.28 bits per heavy atom. The Kier molecular flexibility index (Phi) is 11.8. The zero-order valence-electron chi connectivity index (χ0n) is 24.3. The molecule has 0 aliphatic carbocycles. The van der Waals surface area contributed by atoms with Crippen molar-refractivity contribution in [2.24, 2.45) is 5.92 Å². The minimum atomic E-state index is -3.64. The van der Waals surface area contributed by atoms with Crippen LogP contribution in [0.15, 0.2) is 6.20 Å². The maximum Gasteiger partial charge on any atom is 0.279 e. The van der Waals surface area contributed by atoms with E-state index in [-0.39, 0.29) is 29.3 Å². The summed E-state index contributed by atoms with van der Waals surface area (Å²) in [4.78, 5) is 25.3. The lowest BCUT2D eigenvalue weighted by molar-refractivity contribution is 0.0604. The van der Waals surface area contributed by atoms with Gasteiger partial charge >= 0.3 is 0 Å². The average Bonchev–Trinajstić information content (AvgIpc) is 2.89. The van der Waals surface area contributed by atoms with Crippen molar-refractivity contribution < 1.29 is 17.9 Å². The zero-order chi connectivity index (χ0) is 28.6. The molecule has 11 nitrogen and oxygen atoms in total. The predicted octanol–water partition coefficient (Wildman–Crippen LogP) is 1.93. The summed E-state index contributed by atoms with van der Waals surface area (Å²) in [5.74, 6) is 2.34. The van der Waals surface area contributed by atoms with Gasteiger partial charge in [-0.1, -0.05) is 34.6 Å². The van der Waals surface area contributed by atoms with Gasteiger partial charge in [0.2, 0.25) is 0 Å². The Morgan fingerprint density at radius 3 is 2.64 bits per heavy atom. The molecule has 2 fully saturated rings. The predicted molar refractivity (Wildman–Crippen MR) is 158 cm³/mol. The lowest BCUT2D eigenvalue weighted by atomic mass is 9.95. The molecule has 0 aromatic carbocycles. The fraction of sp³-hybridized carbons (Fsp3) is 0.808. The number of ether oxygens (including phenoxy) is 1. The number of carbonyl (C=O) groups excluding carboxylic acids is 1. The summed E-state index contributed by atoms with van der Waals surface area (Å²) in [6.07, 6.45) is 5.20. The number of piperidine rings is 1. The first kappa shape index (κ1) is 32.0. The van der Waals surface area contributed by atoms with Gasteiger partial charge in [-0.25, -0.2) is 9.97 Å². The van der Waals surface area contributed by atoms with E-state index in [9.17, 15) is 13.2 Å². The summed E-state index contributed by atoms with van der Waals surface area (Å²) in [5.41, 5.74) is 0.191. The van der Waals surface area contributed by atoms with Gasteiger partial charge in [-0.05, 0) is 30.8 Å². The molecular formula is C26H47N7O4S2. The molecule has 222 valence electrons. The van der Waals surface area contributed by atoms with Crippen LogP contribution in [0.4, 0.5) is 5.82 Å². The average molecular weight is 586 g/mol. The van der Waals surface area contributed by atoms with Crippen LogP contribution in [-0.2, 0) is 20.4 Å². The number of anilines is 1. The summed E-state index contributed by atoms with van der Waals surface area (Å²) in [7, 11) is -3.64. The molecule has 1 unspecified atom stereocenters. The molecule has 3 heterocycles. The van der Waals surface area contributed by atoms with E-state index in [0.29, 0.717) is 76.1 Å². The highest BCUT2D eigenvalue weighted by atomic mass is 32.2. The van der Waals surface area contributed by atoms with Crippen molar-refractivity contribution in [2.75, 3.05) is 69.8 Å². The molecule has 3 rings (SSSR count). The van der Waals surface area contributed by atoms with Gasteiger partial charge < -0.3 is 20.3 Å². The molecule has 2 aliphatic heterocycles. The van der Waals surface area contributed by atoms with Gasteiger partial charge in [0.05, 0.1) is 13.2 Å². The quantitative estimate of drug-likeness (QED) is 0.315. The van der Waals surface area contributed by atoms with E-state index in [2.05, 4.69) is 61.2 Å². The summed E-state index contributed by atoms with van der Waals surface area (Å²) in [5, 5.41) is 6.74. The van der Waals surface area contributed by atoms with Crippen molar-refractivity contribution >= 4 is 33.7 Å². The molecule has 1 aromatic heterocycles. The first-order chi connectivity index (χ1) is 18.4. The number of morpholine rings is 1. The van der Waals surface area contributed by atoms with Gasteiger partial charge in [-0.3, -0.25) is 4.79 Å². The number of hydrogen-bond donors (Lipinski definition) is 3. The molecule has 2 aliphatic rings. The summed E-state index contributed by atoms with van der Waals surface area (Å²) in [6, 6.07) is -0.514. The van der Waals surface area contributed by atoms with Crippen LogP contribution in [0.2, 0.25) is 0 Å². The maximum atomic E-state index is 14.1. The van der Waals surface area contributed by atoms with Crippen LogP contribution < -0.4 is 15.4 Å². The Morgan fingerprint density at radius 2 is 2.00 bits per heavy atom. The van der Waals surface area contributed by atoms with Gasteiger partial charge in [0.15, 0.2) is 0 Å². The third kappa shape index (κ3) is 9.25. The van der Waals surface area contributed by atoms with E-state index < -0.39 is 10.2 Å². The largest absolute Gasteiger partial charge is 0.379 e. The first-order valence-corrected chi connectivity index (χ1v) is 16.7. The molecule has 1 aromatic rings. The van der Waals surface area contributed by atoms with E-state index in [1.54, 1.807) is 18.0 Å². The van der Waals surface area contributed by atoms with Crippen molar-refractivity contribution in [1.29, 1.82) is 0 Å². The number of carbonyl (C=O) groups is 1.